The summed E-state index contributed by atoms with van der Waals surface area (Å²) in [5.74, 6) is 0.964. The molecule has 0 saturated heterocycles. The van der Waals surface area contributed by atoms with Gasteiger partial charge in [-0.25, -0.2) is 0 Å². The number of rotatable bonds is 3. The zero-order valence-corrected chi connectivity index (χ0v) is 11.7. The van der Waals surface area contributed by atoms with E-state index in [-0.39, 0.29) is 0 Å². The van der Waals surface area contributed by atoms with Gasteiger partial charge in [-0.3, -0.25) is 5.10 Å². The fourth-order valence-electron chi connectivity index (χ4n) is 2.68. The van der Waals surface area contributed by atoms with Crippen molar-refractivity contribution in [3.63, 3.8) is 0 Å². The molecule has 4 heteroatoms. The second-order valence-corrected chi connectivity index (χ2v) is 5.16. The van der Waals surface area contributed by atoms with Crippen molar-refractivity contribution in [3.8, 4) is 0 Å². The molecule has 21 heavy (non-hydrogen) atoms. The molecule has 2 aromatic heterocycles. The highest BCUT2D eigenvalue weighted by molar-refractivity contribution is 5.83. The molecule has 4 nitrogen and oxygen atoms in total. The van der Waals surface area contributed by atoms with Crippen molar-refractivity contribution in [2.75, 3.05) is 5.32 Å². The second kappa shape index (κ2) is 4.66. The average Bonchev–Trinajstić information content (AvgIpc) is 3.08. The first-order valence-corrected chi connectivity index (χ1v) is 6.95. The number of nitrogens with zero attached hydrogens (tertiary/aromatic N) is 1. The summed E-state index contributed by atoms with van der Waals surface area (Å²) in [6, 6.07) is 14.3. The number of nitrogens with one attached hydrogen (secondary N) is 2. The Morgan fingerprint density at radius 2 is 2.10 bits per heavy atom. The predicted octanol–water partition coefficient (Wildman–Crippen LogP) is 4.23. The smallest absolute Gasteiger partial charge is 0.134 e. The van der Waals surface area contributed by atoms with Crippen LogP contribution >= 0.6 is 0 Å². The Labute approximate surface area is 121 Å². The van der Waals surface area contributed by atoms with E-state index in [1.165, 1.54) is 10.9 Å². The summed E-state index contributed by atoms with van der Waals surface area (Å²) in [4.78, 5) is 0. The monoisotopic (exact) mass is 277 g/mol. The van der Waals surface area contributed by atoms with Gasteiger partial charge in [0.05, 0.1) is 11.7 Å². The molecule has 0 bridgehead atoms. The van der Waals surface area contributed by atoms with Crippen LogP contribution in [0.25, 0.3) is 21.9 Å². The third-order valence-electron chi connectivity index (χ3n) is 3.81. The van der Waals surface area contributed by atoms with Crippen LogP contribution < -0.4 is 5.32 Å². The number of furan rings is 1. The SMILES string of the molecule is Cc1oc2ccccc2c1CNc1ccc2cn[nH]c2c1. The molecule has 0 radical (unpaired) electrons. The van der Waals surface area contributed by atoms with Gasteiger partial charge in [-0.2, -0.15) is 5.10 Å². The number of anilines is 1. The second-order valence-electron chi connectivity index (χ2n) is 5.16. The molecule has 4 rings (SSSR count). The highest BCUT2D eigenvalue weighted by Gasteiger charge is 2.10. The van der Waals surface area contributed by atoms with Crippen molar-refractivity contribution in [1.29, 1.82) is 0 Å². The van der Waals surface area contributed by atoms with Crippen molar-refractivity contribution >= 4 is 27.6 Å². The van der Waals surface area contributed by atoms with Crippen LogP contribution in [-0.4, -0.2) is 10.2 Å². The lowest BCUT2D eigenvalue weighted by molar-refractivity contribution is 0.573. The lowest BCUT2D eigenvalue weighted by Crippen LogP contribution is -1.99. The van der Waals surface area contributed by atoms with E-state index in [0.717, 1.165) is 34.5 Å². The lowest BCUT2D eigenvalue weighted by Gasteiger charge is -2.06. The molecule has 0 atom stereocenters. The van der Waals surface area contributed by atoms with E-state index in [9.17, 15) is 0 Å². The first-order valence-electron chi connectivity index (χ1n) is 6.95. The minimum atomic E-state index is 0.739. The zero-order chi connectivity index (χ0) is 14.2. The van der Waals surface area contributed by atoms with E-state index in [0.29, 0.717) is 0 Å². The maximum absolute atomic E-state index is 5.79. The van der Waals surface area contributed by atoms with Crippen molar-refractivity contribution in [1.82, 2.24) is 10.2 Å². The number of aromatic amines is 1. The van der Waals surface area contributed by atoms with Crippen molar-refractivity contribution < 1.29 is 4.42 Å². The molecule has 2 N–H and O–H groups in total. The fraction of sp³-hybridized carbons (Fsp3) is 0.118. The molecule has 0 aliphatic carbocycles. The Morgan fingerprint density at radius 3 is 3.05 bits per heavy atom. The number of para-hydroxylation sites is 1. The Kier molecular flexibility index (Phi) is 2.67. The molecule has 0 spiro atoms. The minimum Gasteiger partial charge on any atom is -0.461 e. The van der Waals surface area contributed by atoms with E-state index >= 15 is 0 Å². The van der Waals surface area contributed by atoms with Crippen LogP contribution in [0.5, 0.6) is 0 Å². The summed E-state index contributed by atoms with van der Waals surface area (Å²) >= 11 is 0. The van der Waals surface area contributed by atoms with Gasteiger partial charge >= 0.3 is 0 Å². The van der Waals surface area contributed by atoms with Crippen LogP contribution in [0.15, 0.2) is 53.1 Å². The standard InChI is InChI=1S/C17H15N3O/c1-11-15(14-4-2-3-5-17(14)21-11)10-18-13-7-6-12-9-19-20-16(12)8-13/h2-9,18H,10H2,1H3,(H,19,20). The molecule has 0 unspecified atom stereocenters. The van der Waals surface area contributed by atoms with Crippen molar-refractivity contribution in [2.45, 2.75) is 13.5 Å². The van der Waals surface area contributed by atoms with Gasteiger partial charge in [-0.1, -0.05) is 18.2 Å². The summed E-state index contributed by atoms with van der Waals surface area (Å²) < 4.78 is 5.79. The van der Waals surface area contributed by atoms with Crippen LogP contribution in [-0.2, 0) is 6.54 Å². The molecule has 104 valence electrons. The third-order valence-corrected chi connectivity index (χ3v) is 3.81. The maximum atomic E-state index is 5.79. The molecule has 0 aliphatic heterocycles. The number of aromatic nitrogens is 2. The highest BCUT2D eigenvalue weighted by Crippen LogP contribution is 2.26. The van der Waals surface area contributed by atoms with Gasteiger partial charge in [-0.05, 0) is 31.2 Å². The Hall–Kier alpha value is -2.75. The average molecular weight is 277 g/mol. The van der Waals surface area contributed by atoms with E-state index < -0.39 is 0 Å². The molecular formula is C17H15N3O. The van der Waals surface area contributed by atoms with Gasteiger partial charge in [0.1, 0.15) is 11.3 Å². The summed E-state index contributed by atoms with van der Waals surface area (Å²) in [6.07, 6.45) is 1.83. The predicted molar refractivity (Wildman–Crippen MR) is 84.4 cm³/mol. The van der Waals surface area contributed by atoms with E-state index in [2.05, 4.69) is 39.8 Å². The number of hydrogen-bond acceptors (Lipinski definition) is 3. The molecule has 0 saturated carbocycles. The zero-order valence-electron chi connectivity index (χ0n) is 11.7. The van der Waals surface area contributed by atoms with Gasteiger partial charge in [0.25, 0.3) is 0 Å². The maximum Gasteiger partial charge on any atom is 0.134 e. The van der Waals surface area contributed by atoms with Crippen LogP contribution in [0.3, 0.4) is 0 Å². The molecule has 0 aliphatic rings. The molecule has 0 amide bonds. The van der Waals surface area contributed by atoms with Crippen LogP contribution in [0.1, 0.15) is 11.3 Å². The normalized spacial score (nSPS) is 11.3. The first kappa shape index (κ1) is 12.0. The molecule has 4 aromatic rings. The number of benzene rings is 2. The van der Waals surface area contributed by atoms with Crippen molar-refractivity contribution in [2.24, 2.45) is 0 Å². The Bertz CT molecular complexity index is 920. The first-order chi connectivity index (χ1) is 10.3. The van der Waals surface area contributed by atoms with Gasteiger partial charge in [0.15, 0.2) is 0 Å². The molecule has 0 fully saturated rings. The lowest BCUT2D eigenvalue weighted by atomic mass is 10.1. The summed E-state index contributed by atoms with van der Waals surface area (Å²) in [7, 11) is 0. The topological polar surface area (TPSA) is 53.9 Å². The molecule has 2 aromatic carbocycles. The summed E-state index contributed by atoms with van der Waals surface area (Å²) in [6.45, 7) is 2.75. The highest BCUT2D eigenvalue weighted by atomic mass is 16.3. The van der Waals surface area contributed by atoms with Crippen LogP contribution in [0, 0.1) is 6.92 Å². The van der Waals surface area contributed by atoms with E-state index in [1.54, 1.807) is 0 Å². The van der Waals surface area contributed by atoms with E-state index in [4.69, 9.17) is 4.42 Å². The van der Waals surface area contributed by atoms with Crippen LogP contribution in [0.2, 0.25) is 0 Å². The van der Waals surface area contributed by atoms with Gasteiger partial charge in [0, 0.05) is 28.6 Å². The number of fused-ring (bicyclic) bond motifs is 2. The Balaban J connectivity index is 1.64. The van der Waals surface area contributed by atoms with E-state index in [1.807, 2.05) is 31.3 Å². The number of hydrogen-bond donors (Lipinski definition) is 2. The van der Waals surface area contributed by atoms with Crippen molar-refractivity contribution in [3.05, 3.63) is 60.0 Å². The van der Waals surface area contributed by atoms with Gasteiger partial charge < -0.3 is 9.73 Å². The van der Waals surface area contributed by atoms with Crippen LogP contribution in [0.4, 0.5) is 5.69 Å². The molecule has 2 heterocycles. The number of aryl methyl sites for hydroxylation is 1. The van der Waals surface area contributed by atoms with Gasteiger partial charge in [0.2, 0.25) is 0 Å². The Morgan fingerprint density at radius 1 is 1.19 bits per heavy atom. The summed E-state index contributed by atoms with van der Waals surface area (Å²) in [5.41, 5.74) is 4.25. The summed E-state index contributed by atoms with van der Waals surface area (Å²) in [5, 5.41) is 12.8. The van der Waals surface area contributed by atoms with Gasteiger partial charge in [-0.15, -0.1) is 0 Å². The fourth-order valence-corrected chi connectivity index (χ4v) is 2.68. The number of H-pyrrole nitrogens is 1. The third kappa shape index (κ3) is 2.05. The largest absolute Gasteiger partial charge is 0.461 e. The molecular weight excluding hydrogens is 262 g/mol. The minimum absolute atomic E-state index is 0.739. The quantitative estimate of drug-likeness (QED) is 0.589.